The normalized spacial score (nSPS) is 17.1. The average Bonchev–Trinajstić information content (AvgIpc) is 3.53. The molecule has 1 aliphatic heterocycles. The maximum atomic E-state index is 11.7. The van der Waals surface area contributed by atoms with Gasteiger partial charge in [0.05, 0.1) is 24.6 Å². The number of ether oxygens (including phenoxy) is 2. The Morgan fingerprint density at radius 1 is 1.05 bits per heavy atom. The van der Waals surface area contributed by atoms with Crippen molar-refractivity contribution in [3.8, 4) is 16.9 Å². The highest BCUT2D eigenvalue weighted by Gasteiger charge is 2.28. The predicted octanol–water partition coefficient (Wildman–Crippen LogP) is 5.88. The van der Waals surface area contributed by atoms with E-state index in [0.29, 0.717) is 24.1 Å². The van der Waals surface area contributed by atoms with E-state index >= 15 is 0 Å². The number of rotatable bonds is 8. The first kappa shape index (κ1) is 24.6. The molecule has 1 aliphatic carbocycles. The zero-order chi connectivity index (χ0) is 27.2. The van der Waals surface area contributed by atoms with Gasteiger partial charge in [-0.2, -0.15) is 5.10 Å². The number of hydrogen-bond acceptors (Lipinski definition) is 6. The van der Waals surface area contributed by atoms with Gasteiger partial charge in [-0.15, -0.1) is 0 Å². The number of carboxylic acids is 1. The fourth-order valence-electron chi connectivity index (χ4n) is 5.84. The summed E-state index contributed by atoms with van der Waals surface area (Å²) >= 11 is 0. The monoisotopic (exact) mass is 534 g/mol. The van der Waals surface area contributed by atoms with Gasteiger partial charge in [-0.1, -0.05) is 30.3 Å². The summed E-state index contributed by atoms with van der Waals surface area (Å²) in [5.41, 5.74) is 12.0. The van der Waals surface area contributed by atoms with Gasteiger partial charge in [0, 0.05) is 29.1 Å². The molecule has 40 heavy (non-hydrogen) atoms. The number of aromatic nitrogens is 3. The number of nitrogen functional groups attached to an aromatic ring is 1. The highest BCUT2D eigenvalue weighted by molar-refractivity contribution is 5.95. The zero-order valence-corrected chi connectivity index (χ0v) is 22.0. The highest BCUT2D eigenvalue weighted by Crippen LogP contribution is 2.44. The molecule has 0 bridgehead atoms. The standard InChI is InChI=1S/C32H30N4O4/c33-32-25-14-21(7-6-20(25)10-12-34-32)22-8-9-29-27(15-22)28(35-36(29)23-11-13-39-17-23)18-40-30-3-1-2-24(19-4-5-19)26(30)16-31(37)38/h1-3,6-10,12,14-15,19,23H,4-5,11,13,16-18H2,(H2,33,34)(H,37,38). The molecule has 8 nitrogen and oxygen atoms in total. The van der Waals surface area contributed by atoms with Gasteiger partial charge < -0.3 is 20.3 Å². The van der Waals surface area contributed by atoms with Gasteiger partial charge in [0.15, 0.2) is 0 Å². The minimum atomic E-state index is -0.857. The number of carboxylic acid groups (broad SMARTS) is 1. The molecule has 0 amide bonds. The first-order chi connectivity index (χ1) is 19.5. The van der Waals surface area contributed by atoms with Crippen molar-refractivity contribution in [1.29, 1.82) is 0 Å². The van der Waals surface area contributed by atoms with E-state index in [9.17, 15) is 9.90 Å². The number of aliphatic carboxylic acids is 1. The van der Waals surface area contributed by atoms with Crippen molar-refractivity contribution in [1.82, 2.24) is 14.8 Å². The molecule has 1 saturated carbocycles. The molecule has 3 heterocycles. The number of nitrogens with zero attached hydrogens (tertiary/aromatic N) is 3. The van der Waals surface area contributed by atoms with Crippen LogP contribution in [0.3, 0.4) is 0 Å². The topological polar surface area (TPSA) is 112 Å². The van der Waals surface area contributed by atoms with Gasteiger partial charge in [0.25, 0.3) is 0 Å². The molecule has 2 aromatic heterocycles. The Bertz CT molecular complexity index is 1750. The Labute approximate surface area is 231 Å². The van der Waals surface area contributed by atoms with Crippen molar-refractivity contribution in [3.63, 3.8) is 0 Å². The third-order valence-corrected chi connectivity index (χ3v) is 8.04. The number of carbonyl (C=O) groups is 1. The summed E-state index contributed by atoms with van der Waals surface area (Å²) < 4.78 is 14.1. The summed E-state index contributed by atoms with van der Waals surface area (Å²) in [6.07, 6.45) is 4.75. The van der Waals surface area contributed by atoms with Crippen LogP contribution in [0.25, 0.3) is 32.8 Å². The molecule has 202 valence electrons. The van der Waals surface area contributed by atoms with Crippen molar-refractivity contribution in [2.45, 2.75) is 44.2 Å². The number of benzene rings is 3. The summed E-state index contributed by atoms with van der Waals surface area (Å²) in [6.45, 7) is 1.58. The maximum absolute atomic E-state index is 11.7. The fraction of sp³-hybridized carbons (Fsp3) is 0.281. The van der Waals surface area contributed by atoms with Crippen molar-refractivity contribution in [3.05, 3.63) is 83.7 Å². The van der Waals surface area contributed by atoms with Crippen LogP contribution in [0.5, 0.6) is 5.75 Å². The van der Waals surface area contributed by atoms with Crippen LogP contribution in [0, 0.1) is 0 Å². The van der Waals surface area contributed by atoms with E-state index in [0.717, 1.165) is 75.5 Å². The van der Waals surface area contributed by atoms with E-state index in [2.05, 4.69) is 46.1 Å². The van der Waals surface area contributed by atoms with Gasteiger partial charge >= 0.3 is 5.97 Å². The minimum absolute atomic E-state index is 0.0549. The van der Waals surface area contributed by atoms with E-state index in [1.165, 1.54) is 0 Å². The summed E-state index contributed by atoms with van der Waals surface area (Å²) in [4.78, 5) is 15.9. The van der Waals surface area contributed by atoms with Gasteiger partial charge in [-0.3, -0.25) is 9.48 Å². The van der Waals surface area contributed by atoms with Crippen LogP contribution < -0.4 is 10.5 Å². The lowest BCUT2D eigenvalue weighted by atomic mass is 9.99. The third-order valence-electron chi connectivity index (χ3n) is 8.04. The second-order valence-electron chi connectivity index (χ2n) is 10.7. The van der Waals surface area contributed by atoms with Crippen LogP contribution in [0.15, 0.2) is 66.9 Å². The Morgan fingerprint density at radius 3 is 2.65 bits per heavy atom. The van der Waals surface area contributed by atoms with Gasteiger partial charge in [-0.25, -0.2) is 4.98 Å². The molecule has 1 saturated heterocycles. The van der Waals surface area contributed by atoms with Crippen molar-refractivity contribution in [2.75, 3.05) is 18.9 Å². The molecule has 1 atom stereocenters. The van der Waals surface area contributed by atoms with Crippen LogP contribution >= 0.6 is 0 Å². The third kappa shape index (κ3) is 4.54. The molecule has 5 aromatic rings. The van der Waals surface area contributed by atoms with E-state index in [-0.39, 0.29) is 19.1 Å². The van der Waals surface area contributed by atoms with Crippen molar-refractivity contribution in [2.24, 2.45) is 0 Å². The summed E-state index contributed by atoms with van der Waals surface area (Å²) in [7, 11) is 0. The van der Waals surface area contributed by atoms with Gasteiger partial charge in [0.2, 0.25) is 0 Å². The molecular weight excluding hydrogens is 504 g/mol. The first-order valence-corrected chi connectivity index (χ1v) is 13.7. The molecule has 0 radical (unpaired) electrons. The lowest BCUT2D eigenvalue weighted by molar-refractivity contribution is -0.136. The van der Waals surface area contributed by atoms with Crippen molar-refractivity contribution < 1.29 is 19.4 Å². The summed E-state index contributed by atoms with van der Waals surface area (Å²) in [5, 5.41) is 17.6. The molecule has 0 spiro atoms. The Kier molecular flexibility index (Phi) is 6.12. The van der Waals surface area contributed by atoms with Crippen LogP contribution in [0.4, 0.5) is 5.82 Å². The lowest BCUT2D eigenvalue weighted by Gasteiger charge is -2.14. The fourth-order valence-corrected chi connectivity index (χ4v) is 5.84. The van der Waals surface area contributed by atoms with Crippen molar-refractivity contribution >= 4 is 33.5 Å². The summed E-state index contributed by atoms with van der Waals surface area (Å²) in [5.74, 6) is 0.695. The Balaban J connectivity index is 1.28. The smallest absolute Gasteiger partial charge is 0.307 e. The average molecular weight is 535 g/mol. The Hall–Kier alpha value is -4.43. The van der Waals surface area contributed by atoms with E-state index in [1.807, 2.05) is 24.3 Å². The first-order valence-electron chi connectivity index (χ1n) is 13.7. The number of pyridine rings is 1. The molecule has 2 aliphatic rings. The van der Waals surface area contributed by atoms with Gasteiger partial charge in [-0.05, 0) is 77.6 Å². The second kappa shape index (κ2) is 9.95. The molecule has 2 fully saturated rings. The predicted molar refractivity (Wildman–Crippen MR) is 153 cm³/mol. The largest absolute Gasteiger partial charge is 0.487 e. The maximum Gasteiger partial charge on any atom is 0.307 e. The molecule has 3 N–H and O–H groups in total. The quantitative estimate of drug-likeness (QED) is 0.256. The zero-order valence-electron chi connectivity index (χ0n) is 22.0. The molecule has 3 aromatic carbocycles. The Morgan fingerprint density at radius 2 is 1.88 bits per heavy atom. The summed E-state index contributed by atoms with van der Waals surface area (Å²) in [6, 6.07) is 20.6. The highest BCUT2D eigenvalue weighted by atomic mass is 16.5. The van der Waals surface area contributed by atoms with Crippen LogP contribution in [0.2, 0.25) is 0 Å². The number of nitrogens with two attached hydrogens (primary N) is 1. The second-order valence-corrected chi connectivity index (χ2v) is 10.7. The van der Waals surface area contributed by atoms with Crippen LogP contribution in [-0.2, 0) is 22.6 Å². The van der Waals surface area contributed by atoms with Crippen LogP contribution in [0.1, 0.15) is 48.0 Å². The molecule has 7 rings (SSSR count). The van der Waals surface area contributed by atoms with E-state index < -0.39 is 5.97 Å². The lowest BCUT2D eigenvalue weighted by Crippen LogP contribution is -2.11. The van der Waals surface area contributed by atoms with Crippen LogP contribution in [-0.4, -0.2) is 39.1 Å². The van der Waals surface area contributed by atoms with Gasteiger partial charge in [0.1, 0.15) is 23.9 Å². The number of anilines is 1. The molecule has 8 heteroatoms. The van der Waals surface area contributed by atoms with E-state index in [4.69, 9.17) is 20.3 Å². The SMILES string of the molecule is Nc1nccc2ccc(-c3ccc4c(c3)c(COc3cccc(C5CC5)c3CC(=O)O)nn4C3CCOC3)cc12. The minimum Gasteiger partial charge on any atom is -0.487 e. The number of hydrogen-bond donors (Lipinski definition) is 2. The molecular formula is C32H30N4O4. The number of fused-ring (bicyclic) bond motifs is 2. The van der Waals surface area contributed by atoms with E-state index in [1.54, 1.807) is 6.20 Å². The molecule has 1 unspecified atom stereocenters.